The van der Waals surface area contributed by atoms with Gasteiger partial charge in [-0.1, -0.05) is 121 Å². The first-order valence-electron chi connectivity index (χ1n) is 16.9. The van der Waals surface area contributed by atoms with Crippen molar-refractivity contribution >= 4 is 80.9 Å². The fourth-order valence-corrected chi connectivity index (χ4v) is 8.68. The van der Waals surface area contributed by atoms with Crippen molar-refractivity contribution in [2.45, 2.75) is 0 Å². The number of pyridine rings is 1. The van der Waals surface area contributed by atoms with E-state index in [9.17, 15) is 0 Å². The van der Waals surface area contributed by atoms with Crippen LogP contribution in [0.15, 0.2) is 182 Å². The highest BCUT2D eigenvalue weighted by Gasteiger charge is 2.19. The zero-order chi connectivity index (χ0) is 33.0. The van der Waals surface area contributed by atoms with Gasteiger partial charge in [0.25, 0.3) is 0 Å². The largest absolute Gasteiger partial charge is 0.310 e. The van der Waals surface area contributed by atoms with E-state index in [0.717, 1.165) is 17.1 Å². The number of benzene rings is 8. The topological polar surface area (TPSA) is 16.1 Å². The molecule has 3 heteroatoms. The summed E-state index contributed by atoms with van der Waals surface area (Å²) in [5.41, 5.74) is 8.20. The minimum absolute atomic E-state index is 1.10. The molecule has 0 atom stereocenters. The Morgan fingerprint density at radius 3 is 1.88 bits per heavy atom. The lowest BCUT2D eigenvalue weighted by atomic mass is 9.91. The van der Waals surface area contributed by atoms with Crippen LogP contribution >= 0.6 is 11.3 Å². The highest BCUT2D eigenvalue weighted by atomic mass is 32.1. The van der Waals surface area contributed by atoms with E-state index in [0.29, 0.717) is 0 Å². The molecule has 10 aromatic rings. The van der Waals surface area contributed by atoms with E-state index in [1.54, 1.807) is 0 Å². The molecule has 2 aromatic heterocycles. The average Bonchev–Trinajstić information content (AvgIpc) is 3.58. The highest BCUT2D eigenvalue weighted by molar-refractivity contribution is 7.25. The van der Waals surface area contributed by atoms with Gasteiger partial charge < -0.3 is 4.90 Å². The maximum Gasteiger partial charge on any atom is 0.0555 e. The zero-order valence-electron chi connectivity index (χ0n) is 27.1. The lowest BCUT2D eigenvalue weighted by Gasteiger charge is -2.27. The van der Waals surface area contributed by atoms with E-state index >= 15 is 0 Å². The summed E-state index contributed by atoms with van der Waals surface area (Å²) >= 11 is 1.82. The Labute approximate surface area is 294 Å². The first kappa shape index (κ1) is 28.7. The predicted octanol–water partition coefficient (Wildman–Crippen LogP) is 13.7. The Morgan fingerprint density at radius 2 is 1.08 bits per heavy atom. The van der Waals surface area contributed by atoms with E-state index in [1.807, 2.05) is 23.7 Å². The van der Waals surface area contributed by atoms with Crippen molar-refractivity contribution in [2.75, 3.05) is 4.90 Å². The Balaban J connectivity index is 1.16. The van der Waals surface area contributed by atoms with Crippen LogP contribution in [0.1, 0.15) is 0 Å². The maximum atomic E-state index is 4.52. The molecule has 10 rings (SSSR count). The second-order valence-electron chi connectivity index (χ2n) is 12.8. The highest BCUT2D eigenvalue weighted by Crippen LogP contribution is 2.45. The van der Waals surface area contributed by atoms with Gasteiger partial charge >= 0.3 is 0 Å². The number of anilines is 3. The third-order valence-electron chi connectivity index (χ3n) is 9.95. The SMILES string of the molecule is c1ccc(-c2ccc(N(c3ccc(-c4cc5c6ccccc6ccc5c5ccccc45)cc3)c3cccc4sc5ccncc5c34)cc2)cc1. The molecular weight excluding hydrogens is 625 g/mol. The summed E-state index contributed by atoms with van der Waals surface area (Å²) in [4.78, 5) is 6.92. The number of thiophene rings is 1. The molecule has 0 saturated carbocycles. The van der Waals surface area contributed by atoms with Gasteiger partial charge in [-0.25, -0.2) is 0 Å². The number of hydrogen-bond acceptors (Lipinski definition) is 3. The van der Waals surface area contributed by atoms with Crippen molar-refractivity contribution in [3.63, 3.8) is 0 Å². The van der Waals surface area contributed by atoms with E-state index in [1.165, 1.54) is 74.7 Å². The quantitative estimate of drug-likeness (QED) is 0.172. The number of fused-ring (bicyclic) bond motifs is 8. The van der Waals surface area contributed by atoms with Crippen molar-refractivity contribution < 1.29 is 0 Å². The van der Waals surface area contributed by atoms with E-state index in [-0.39, 0.29) is 0 Å². The van der Waals surface area contributed by atoms with Crippen LogP contribution in [-0.2, 0) is 0 Å². The fourth-order valence-electron chi connectivity index (χ4n) is 7.59. The Hall–Kier alpha value is -6.29. The molecule has 0 spiro atoms. The van der Waals surface area contributed by atoms with Gasteiger partial charge in [-0.2, -0.15) is 0 Å². The normalized spacial score (nSPS) is 11.6. The molecule has 0 unspecified atom stereocenters. The van der Waals surface area contributed by atoms with Gasteiger partial charge in [-0.3, -0.25) is 4.98 Å². The molecule has 2 heterocycles. The summed E-state index contributed by atoms with van der Waals surface area (Å²) < 4.78 is 2.50. The van der Waals surface area contributed by atoms with Gasteiger partial charge in [0.1, 0.15) is 0 Å². The van der Waals surface area contributed by atoms with Crippen LogP contribution in [0.4, 0.5) is 17.1 Å². The molecule has 0 saturated heterocycles. The maximum absolute atomic E-state index is 4.52. The second-order valence-corrected chi connectivity index (χ2v) is 13.9. The minimum Gasteiger partial charge on any atom is -0.310 e. The van der Waals surface area contributed by atoms with Gasteiger partial charge in [-0.05, 0) is 103 Å². The third-order valence-corrected chi connectivity index (χ3v) is 11.1. The molecule has 2 nitrogen and oxygen atoms in total. The van der Waals surface area contributed by atoms with Crippen LogP contribution in [0.5, 0.6) is 0 Å². The predicted molar refractivity (Wildman–Crippen MR) is 215 cm³/mol. The van der Waals surface area contributed by atoms with Crippen molar-refractivity contribution in [1.82, 2.24) is 4.98 Å². The van der Waals surface area contributed by atoms with Crippen LogP contribution in [0.2, 0.25) is 0 Å². The monoisotopic (exact) mass is 654 g/mol. The van der Waals surface area contributed by atoms with Crippen LogP contribution in [0, 0.1) is 0 Å². The Kier molecular flexibility index (Phi) is 6.71. The van der Waals surface area contributed by atoms with Crippen molar-refractivity contribution in [2.24, 2.45) is 0 Å². The number of hydrogen-bond donors (Lipinski definition) is 0. The summed E-state index contributed by atoms with van der Waals surface area (Å²) in [6, 6.07) is 61.8. The van der Waals surface area contributed by atoms with Crippen molar-refractivity contribution in [3.05, 3.63) is 182 Å². The molecular formula is C47H30N2S. The van der Waals surface area contributed by atoms with E-state index in [2.05, 4.69) is 180 Å². The number of aromatic nitrogens is 1. The molecule has 0 fully saturated rings. The molecule has 8 aromatic carbocycles. The Bertz CT molecular complexity index is 2850. The summed E-state index contributed by atoms with van der Waals surface area (Å²) in [5, 5.41) is 10.1. The van der Waals surface area contributed by atoms with Crippen molar-refractivity contribution in [1.29, 1.82) is 0 Å². The molecule has 0 aliphatic heterocycles. The van der Waals surface area contributed by atoms with Gasteiger partial charge in [0.05, 0.1) is 5.69 Å². The van der Waals surface area contributed by atoms with Gasteiger partial charge in [-0.15, -0.1) is 11.3 Å². The average molecular weight is 655 g/mol. The summed E-state index contributed by atoms with van der Waals surface area (Å²) in [6.45, 7) is 0. The second kappa shape index (κ2) is 11.7. The van der Waals surface area contributed by atoms with Crippen LogP contribution in [-0.4, -0.2) is 4.98 Å². The lowest BCUT2D eigenvalue weighted by molar-refractivity contribution is 1.30. The minimum atomic E-state index is 1.10. The zero-order valence-corrected chi connectivity index (χ0v) is 27.9. The van der Waals surface area contributed by atoms with Gasteiger partial charge in [0.15, 0.2) is 0 Å². The standard InChI is InChI=1S/C47H30N2S/c1-2-9-31(10-3-1)32-17-22-35(23-18-32)49(44-15-8-16-46-47(44)43-30-48-28-27-45(43)50-46)36-24-19-34(20-25-36)41-29-42-37-12-5-4-11-33(37)21-26-40(42)38-13-6-7-14-39(38)41/h1-30H. The molecule has 0 N–H and O–H groups in total. The van der Waals surface area contributed by atoms with Crippen LogP contribution in [0.25, 0.3) is 74.7 Å². The summed E-state index contributed by atoms with van der Waals surface area (Å²) in [5.74, 6) is 0. The smallest absolute Gasteiger partial charge is 0.0555 e. The molecule has 234 valence electrons. The molecule has 0 aliphatic rings. The number of rotatable bonds is 5. The summed E-state index contributed by atoms with van der Waals surface area (Å²) in [7, 11) is 0. The van der Waals surface area contributed by atoms with Gasteiger partial charge in [0, 0.05) is 43.9 Å². The molecule has 50 heavy (non-hydrogen) atoms. The lowest BCUT2D eigenvalue weighted by Crippen LogP contribution is -2.10. The van der Waals surface area contributed by atoms with Crippen LogP contribution in [0.3, 0.4) is 0 Å². The first-order chi connectivity index (χ1) is 24.8. The first-order valence-corrected chi connectivity index (χ1v) is 17.8. The Morgan fingerprint density at radius 1 is 0.420 bits per heavy atom. The molecule has 0 bridgehead atoms. The molecule has 0 radical (unpaired) electrons. The van der Waals surface area contributed by atoms with Crippen molar-refractivity contribution in [3.8, 4) is 22.3 Å². The number of nitrogens with zero attached hydrogens (tertiary/aromatic N) is 2. The fraction of sp³-hybridized carbons (Fsp3) is 0. The van der Waals surface area contributed by atoms with E-state index in [4.69, 9.17) is 0 Å². The van der Waals surface area contributed by atoms with Crippen LogP contribution < -0.4 is 4.90 Å². The molecule has 0 aliphatic carbocycles. The molecule has 0 amide bonds. The van der Waals surface area contributed by atoms with E-state index < -0.39 is 0 Å². The van der Waals surface area contributed by atoms with Gasteiger partial charge in [0.2, 0.25) is 0 Å². The summed E-state index contributed by atoms with van der Waals surface area (Å²) in [6.07, 6.45) is 3.89. The third kappa shape index (κ3) is 4.67.